The molecule has 9 heteroatoms. The molecule has 4 rings (SSSR count). The van der Waals surface area contributed by atoms with E-state index in [0.717, 1.165) is 31.0 Å². The van der Waals surface area contributed by atoms with Crippen molar-refractivity contribution < 1.29 is 8.42 Å². The van der Waals surface area contributed by atoms with Gasteiger partial charge < -0.3 is 5.32 Å². The van der Waals surface area contributed by atoms with Gasteiger partial charge in [-0.25, -0.2) is 18.5 Å². The molecule has 0 fully saturated rings. The van der Waals surface area contributed by atoms with Crippen LogP contribution in [0.2, 0.25) is 0 Å². The SMILES string of the molecule is NS(=O)(=O)c1cccc(-n2ccnc2-c2cc3n(n2)CCNC3)c1. The second kappa shape index (κ2) is 5.55. The summed E-state index contributed by atoms with van der Waals surface area (Å²) in [6.45, 7) is 2.48. The first-order valence-corrected chi connectivity index (χ1v) is 9.01. The molecular formula is C15H16N6O2S. The molecule has 124 valence electrons. The molecular weight excluding hydrogens is 328 g/mol. The van der Waals surface area contributed by atoms with E-state index in [4.69, 9.17) is 5.14 Å². The summed E-state index contributed by atoms with van der Waals surface area (Å²) in [5.74, 6) is 0.656. The number of benzene rings is 1. The van der Waals surface area contributed by atoms with Crippen LogP contribution >= 0.6 is 0 Å². The summed E-state index contributed by atoms with van der Waals surface area (Å²) >= 11 is 0. The molecule has 3 N–H and O–H groups in total. The predicted octanol–water partition coefficient (Wildman–Crippen LogP) is 0.486. The van der Waals surface area contributed by atoms with Crippen LogP contribution in [0, 0.1) is 0 Å². The van der Waals surface area contributed by atoms with Crippen LogP contribution in [0.25, 0.3) is 17.2 Å². The molecule has 0 atom stereocenters. The number of aromatic nitrogens is 4. The van der Waals surface area contributed by atoms with Crippen LogP contribution in [0.15, 0.2) is 47.6 Å². The number of nitrogens with two attached hydrogens (primary N) is 1. The van der Waals surface area contributed by atoms with Crippen molar-refractivity contribution in [1.29, 1.82) is 0 Å². The molecule has 0 aliphatic carbocycles. The standard InChI is InChI=1S/C15H16N6O2S/c16-24(22,23)13-3-1-2-11(8-13)20-6-5-18-15(20)14-9-12-10-17-4-7-21(12)19-14/h1-3,5-6,8-9,17H,4,7,10H2,(H2,16,22,23). The van der Waals surface area contributed by atoms with Crippen molar-refractivity contribution in [3.63, 3.8) is 0 Å². The van der Waals surface area contributed by atoms with Gasteiger partial charge >= 0.3 is 0 Å². The van der Waals surface area contributed by atoms with Gasteiger partial charge in [-0.3, -0.25) is 9.25 Å². The van der Waals surface area contributed by atoms with E-state index in [1.165, 1.54) is 12.1 Å². The molecule has 3 heterocycles. The van der Waals surface area contributed by atoms with Crippen LogP contribution in [-0.2, 0) is 23.1 Å². The van der Waals surface area contributed by atoms with Crippen LogP contribution in [0.5, 0.6) is 0 Å². The topological polar surface area (TPSA) is 108 Å². The first-order chi connectivity index (χ1) is 11.5. The largest absolute Gasteiger partial charge is 0.309 e. The predicted molar refractivity (Wildman–Crippen MR) is 87.9 cm³/mol. The Balaban J connectivity index is 1.80. The van der Waals surface area contributed by atoms with E-state index in [-0.39, 0.29) is 4.90 Å². The number of nitrogens with one attached hydrogen (secondary N) is 1. The summed E-state index contributed by atoms with van der Waals surface area (Å²) in [6.07, 6.45) is 3.43. The first kappa shape index (κ1) is 15.1. The van der Waals surface area contributed by atoms with Gasteiger partial charge in [0.05, 0.1) is 17.1 Å². The van der Waals surface area contributed by atoms with Crippen LogP contribution in [-0.4, -0.2) is 34.3 Å². The maximum Gasteiger partial charge on any atom is 0.238 e. The van der Waals surface area contributed by atoms with E-state index in [1.807, 2.05) is 10.7 Å². The smallest absolute Gasteiger partial charge is 0.238 e. The Morgan fingerprint density at radius 2 is 2.12 bits per heavy atom. The van der Waals surface area contributed by atoms with E-state index in [0.29, 0.717) is 11.5 Å². The number of sulfonamides is 1. The average Bonchev–Trinajstić information content (AvgIpc) is 3.20. The minimum absolute atomic E-state index is 0.0629. The van der Waals surface area contributed by atoms with Crippen molar-refractivity contribution in [2.75, 3.05) is 6.54 Å². The molecule has 8 nitrogen and oxygen atoms in total. The lowest BCUT2D eigenvalue weighted by molar-refractivity contribution is 0.476. The van der Waals surface area contributed by atoms with Crippen LogP contribution in [0.4, 0.5) is 0 Å². The second-order valence-corrected chi connectivity index (χ2v) is 7.15. The van der Waals surface area contributed by atoms with Crippen LogP contribution in [0.1, 0.15) is 5.69 Å². The molecule has 1 aliphatic rings. The Hall–Kier alpha value is -2.49. The Labute approximate surface area is 139 Å². The maximum absolute atomic E-state index is 11.6. The molecule has 0 spiro atoms. The highest BCUT2D eigenvalue weighted by molar-refractivity contribution is 7.89. The van der Waals surface area contributed by atoms with Gasteiger partial charge in [0, 0.05) is 31.2 Å². The molecule has 0 amide bonds. The highest BCUT2D eigenvalue weighted by Crippen LogP contribution is 2.23. The van der Waals surface area contributed by atoms with Crippen molar-refractivity contribution in [1.82, 2.24) is 24.6 Å². The molecule has 1 aliphatic heterocycles. The van der Waals surface area contributed by atoms with Gasteiger partial charge in [0.2, 0.25) is 10.0 Å². The van der Waals surface area contributed by atoms with Gasteiger partial charge in [-0.05, 0) is 24.3 Å². The molecule has 0 unspecified atom stereocenters. The van der Waals surface area contributed by atoms with Gasteiger partial charge in [0.15, 0.2) is 5.82 Å². The average molecular weight is 344 g/mol. The molecule has 0 bridgehead atoms. The van der Waals surface area contributed by atoms with Gasteiger partial charge in [-0.2, -0.15) is 5.10 Å². The molecule has 0 radical (unpaired) electrons. The van der Waals surface area contributed by atoms with Gasteiger partial charge in [-0.1, -0.05) is 6.07 Å². The minimum Gasteiger partial charge on any atom is -0.309 e. The number of hydrogen-bond acceptors (Lipinski definition) is 5. The second-order valence-electron chi connectivity index (χ2n) is 5.58. The third-order valence-corrected chi connectivity index (χ3v) is 4.87. The van der Waals surface area contributed by atoms with E-state index in [9.17, 15) is 8.42 Å². The normalized spacial score (nSPS) is 14.5. The van der Waals surface area contributed by atoms with Gasteiger partial charge in [-0.15, -0.1) is 0 Å². The van der Waals surface area contributed by atoms with Crippen molar-refractivity contribution >= 4 is 10.0 Å². The van der Waals surface area contributed by atoms with Gasteiger partial charge in [0.25, 0.3) is 0 Å². The summed E-state index contributed by atoms with van der Waals surface area (Å²) in [6, 6.07) is 8.45. The van der Waals surface area contributed by atoms with Crippen LogP contribution in [0.3, 0.4) is 0 Å². The van der Waals surface area contributed by atoms with Crippen LogP contribution < -0.4 is 10.5 Å². The summed E-state index contributed by atoms with van der Waals surface area (Å²) in [5.41, 5.74) is 2.52. The van der Waals surface area contributed by atoms with Gasteiger partial charge in [0.1, 0.15) is 5.69 Å². The Bertz CT molecular complexity index is 981. The van der Waals surface area contributed by atoms with E-state index < -0.39 is 10.0 Å². The molecule has 2 aromatic heterocycles. The number of primary sulfonamides is 1. The molecule has 0 saturated carbocycles. The highest BCUT2D eigenvalue weighted by Gasteiger charge is 2.17. The molecule has 3 aromatic rings. The number of fused-ring (bicyclic) bond motifs is 1. The third kappa shape index (κ3) is 2.62. The molecule has 1 aromatic carbocycles. The fourth-order valence-electron chi connectivity index (χ4n) is 2.81. The zero-order valence-electron chi connectivity index (χ0n) is 12.8. The fraction of sp³-hybridized carbons (Fsp3) is 0.200. The van der Waals surface area contributed by atoms with E-state index >= 15 is 0 Å². The maximum atomic E-state index is 11.6. The Kier molecular flexibility index (Phi) is 3.48. The lowest BCUT2D eigenvalue weighted by Crippen LogP contribution is -2.28. The number of nitrogens with zero attached hydrogens (tertiary/aromatic N) is 4. The third-order valence-electron chi connectivity index (χ3n) is 3.96. The Morgan fingerprint density at radius 1 is 1.25 bits per heavy atom. The van der Waals surface area contributed by atoms with Crippen molar-refractivity contribution in [2.45, 2.75) is 18.0 Å². The Morgan fingerprint density at radius 3 is 2.92 bits per heavy atom. The molecule has 0 saturated heterocycles. The summed E-state index contributed by atoms with van der Waals surface area (Å²) in [5, 5.41) is 13.1. The van der Waals surface area contributed by atoms with Crippen molar-refractivity contribution in [2.24, 2.45) is 5.14 Å². The van der Waals surface area contributed by atoms with Crippen molar-refractivity contribution in [3.05, 3.63) is 48.4 Å². The molecule has 24 heavy (non-hydrogen) atoms. The quantitative estimate of drug-likeness (QED) is 0.719. The first-order valence-electron chi connectivity index (χ1n) is 7.47. The number of imidazole rings is 1. The summed E-state index contributed by atoms with van der Waals surface area (Å²) in [7, 11) is -3.76. The van der Waals surface area contributed by atoms with E-state index in [2.05, 4.69) is 15.4 Å². The monoisotopic (exact) mass is 344 g/mol. The van der Waals surface area contributed by atoms with E-state index in [1.54, 1.807) is 29.1 Å². The minimum atomic E-state index is -3.76. The highest BCUT2D eigenvalue weighted by atomic mass is 32.2. The lowest BCUT2D eigenvalue weighted by atomic mass is 10.3. The fourth-order valence-corrected chi connectivity index (χ4v) is 3.37. The summed E-state index contributed by atoms with van der Waals surface area (Å²) < 4.78 is 26.9. The van der Waals surface area contributed by atoms with Crippen molar-refractivity contribution in [3.8, 4) is 17.2 Å². The summed E-state index contributed by atoms with van der Waals surface area (Å²) in [4.78, 5) is 4.45. The zero-order valence-corrected chi connectivity index (χ0v) is 13.6. The number of rotatable bonds is 3. The zero-order chi connectivity index (χ0) is 16.7. The number of hydrogen-bond donors (Lipinski definition) is 2. The lowest BCUT2D eigenvalue weighted by Gasteiger charge is -2.13.